The van der Waals surface area contributed by atoms with Crippen molar-refractivity contribution in [3.8, 4) is 0 Å². The standard InChI is InChI=1S/C20H16O4S2/c21-25(22,14-7-3-1-4-8-14)18-13-17-19-16(18)11-12-20(17,19)26(23,24)15-9-5-2-6-10-15/h1-13,16-17,19H/t16?,17?,19?,20-/m1/s1. The Morgan fingerprint density at radius 1 is 0.769 bits per heavy atom. The van der Waals surface area contributed by atoms with Crippen molar-refractivity contribution in [2.75, 3.05) is 0 Å². The molecule has 3 aliphatic carbocycles. The van der Waals surface area contributed by atoms with Gasteiger partial charge in [0, 0.05) is 17.8 Å². The number of hydrogen-bond donors (Lipinski definition) is 0. The van der Waals surface area contributed by atoms with Gasteiger partial charge in [0.15, 0.2) is 9.84 Å². The fourth-order valence-electron chi connectivity index (χ4n) is 4.59. The minimum absolute atomic E-state index is 0.207. The Balaban J connectivity index is 1.57. The van der Waals surface area contributed by atoms with Gasteiger partial charge in [-0.2, -0.15) is 0 Å². The van der Waals surface area contributed by atoms with Gasteiger partial charge in [-0.05, 0) is 24.3 Å². The number of benzene rings is 2. The molecule has 4 atom stereocenters. The van der Waals surface area contributed by atoms with Gasteiger partial charge in [0.25, 0.3) is 0 Å². The van der Waals surface area contributed by atoms with Crippen LogP contribution in [-0.2, 0) is 19.7 Å². The Morgan fingerprint density at radius 3 is 1.92 bits per heavy atom. The molecule has 2 aromatic rings. The number of hydrogen-bond acceptors (Lipinski definition) is 4. The van der Waals surface area contributed by atoms with E-state index in [1.54, 1.807) is 78.9 Å². The van der Waals surface area contributed by atoms with Crippen LogP contribution in [0.2, 0.25) is 0 Å². The lowest BCUT2D eigenvalue weighted by molar-refractivity contribution is 0.574. The molecule has 0 bridgehead atoms. The summed E-state index contributed by atoms with van der Waals surface area (Å²) >= 11 is 0. The molecule has 0 N–H and O–H groups in total. The van der Waals surface area contributed by atoms with E-state index in [2.05, 4.69) is 0 Å². The quantitative estimate of drug-likeness (QED) is 0.760. The van der Waals surface area contributed by atoms with Crippen LogP contribution in [0.5, 0.6) is 0 Å². The first kappa shape index (κ1) is 16.0. The van der Waals surface area contributed by atoms with Crippen LogP contribution in [0, 0.1) is 17.8 Å². The van der Waals surface area contributed by atoms with Crippen LogP contribution in [0.3, 0.4) is 0 Å². The molecular weight excluding hydrogens is 368 g/mol. The second-order valence-corrected chi connectivity index (χ2v) is 11.1. The molecule has 1 fully saturated rings. The Labute approximate surface area is 152 Å². The van der Waals surface area contributed by atoms with Crippen LogP contribution in [0.15, 0.2) is 93.6 Å². The molecule has 0 aromatic heterocycles. The SMILES string of the molecule is O=S(=O)(C1=CC2C3C1C=C[C@@]23S(=O)(=O)c1ccccc1)c1ccccc1. The summed E-state index contributed by atoms with van der Waals surface area (Å²) in [6.45, 7) is 0. The minimum Gasteiger partial charge on any atom is -0.223 e. The fourth-order valence-corrected chi connectivity index (χ4v) is 8.62. The fraction of sp³-hybridized carbons (Fsp3) is 0.200. The van der Waals surface area contributed by atoms with Gasteiger partial charge in [-0.3, -0.25) is 0 Å². The summed E-state index contributed by atoms with van der Waals surface area (Å²) in [5.74, 6) is -0.832. The average Bonchev–Trinajstić information content (AvgIpc) is 2.96. The third-order valence-electron chi connectivity index (χ3n) is 5.83. The lowest BCUT2D eigenvalue weighted by Crippen LogP contribution is -2.26. The van der Waals surface area contributed by atoms with Gasteiger partial charge >= 0.3 is 0 Å². The Morgan fingerprint density at radius 2 is 1.35 bits per heavy atom. The largest absolute Gasteiger partial charge is 0.223 e. The second kappa shape index (κ2) is 4.96. The van der Waals surface area contributed by atoms with Crippen molar-refractivity contribution in [3.63, 3.8) is 0 Å². The van der Waals surface area contributed by atoms with Crippen LogP contribution in [-0.4, -0.2) is 21.6 Å². The molecule has 3 unspecified atom stereocenters. The lowest BCUT2D eigenvalue weighted by atomic mass is 10.1. The van der Waals surface area contributed by atoms with Crippen LogP contribution < -0.4 is 0 Å². The van der Waals surface area contributed by atoms with Gasteiger partial charge in [0.2, 0.25) is 9.84 Å². The first-order chi connectivity index (χ1) is 12.4. The molecule has 4 nitrogen and oxygen atoms in total. The molecule has 0 saturated heterocycles. The highest BCUT2D eigenvalue weighted by molar-refractivity contribution is 7.95. The predicted octanol–water partition coefficient (Wildman–Crippen LogP) is 3.00. The van der Waals surface area contributed by atoms with Crippen LogP contribution in [0.4, 0.5) is 0 Å². The highest BCUT2D eigenvalue weighted by atomic mass is 32.2. The van der Waals surface area contributed by atoms with E-state index in [1.165, 1.54) is 0 Å². The molecule has 132 valence electrons. The molecule has 0 aliphatic heterocycles. The molecule has 26 heavy (non-hydrogen) atoms. The van der Waals surface area contributed by atoms with Crippen molar-refractivity contribution in [3.05, 3.63) is 83.8 Å². The monoisotopic (exact) mass is 384 g/mol. The van der Waals surface area contributed by atoms with E-state index < -0.39 is 24.4 Å². The summed E-state index contributed by atoms with van der Waals surface area (Å²) in [5, 5.41) is 0. The van der Waals surface area contributed by atoms with Gasteiger partial charge in [0.1, 0.15) is 4.75 Å². The molecule has 0 radical (unpaired) electrons. The summed E-state index contributed by atoms with van der Waals surface area (Å²) in [6, 6.07) is 16.7. The summed E-state index contributed by atoms with van der Waals surface area (Å²) in [4.78, 5) is 0.885. The summed E-state index contributed by atoms with van der Waals surface area (Å²) in [5.41, 5.74) is 0. The van der Waals surface area contributed by atoms with Gasteiger partial charge < -0.3 is 0 Å². The maximum absolute atomic E-state index is 13.2. The normalized spacial score (nSPS) is 31.5. The van der Waals surface area contributed by atoms with Crippen molar-refractivity contribution in [1.29, 1.82) is 0 Å². The van der Waals surface area contributed by atoms with Crippen molar-refractivity contribution in [1.82, 2.24) is 0 Å². The molecular formula is C20H16O4S2. The smallest absolute Gasteiger partial charge is 0.203 e. The molecule has 0 heterocycles. The first-order valence-electron chi connectivity index (χ1n) is 8.41. The number of sulfone groups is 2. The molecule has 1 saturated carbocycles. The summed E-state index contributed by atoms with van der Waals surface area (Å²) in [7, 11) is -7.15. The maximum atomic E-state index is 13.2. The topological polar surface area (TPSA) is 68.3 Å². The molecule has 0 spiro atoms. The van der Waals surface area contributed by atoms with Gasteiger partial charge in [-0.25, -0.2) is 16.8 Å². The maximum Gasteiger partial charge on any atom is 0.203 e. The van der Waals surface area contributed by atoms with Crippen LogP contribution >= 0.6 is 0 Å². The van der Waals surface area contributed by atoms with Gasteiger partial charge in [0.05, 0.1) is 14.7 Å². The molecule has 2 aromatic carbocycles. The number of fused-ring (bicyclic) bond motifs is 1. The van der Waals surface area contributed by atoms with Crippen molar-refractivity contribution in [2.45, 2.75) is 14.5 Å². The third kappa shape index (κ3) is 1.78. The second-order valence-electron chi connectivity index (χ2n) is 6.99. The zero-order chi connectivity index (χ0) is 18.2. The van der Waals surface area contributed by atoms with E-state index in [0.29, 0.717) is 9.80 Å². The van der Waals surface area contributed by atoms with E-state index in [4.69, 9.17) is 0 Å². The summed E-state index contributed by atoms with van der Waals surface area (Å²) < 4.78 is 51.3. The Kier molecular flexibility index (Phi) is 3.06. The van der Waals surface area contributed by atoms with E-state index in [0.717, 1.165) is 0 Å². The van der Waals surface area contributed by atoms with Crippen molar-refractivity contribution in [2.24, 2.45) is 17.8 Å². The zero-order valence-corrected chi connectivity index (χ0v) is 15.3. The van der Waals surface area contributed by atoms with Gasteiger partial charge in [-0.1, -0.05) is 54.6 Å². The summed E-state index contributed by atoms with van der Waals surface area (Å²) in [6.07, 6.45) is 5.17. The molecule has 3 aliphatic rings. The average molecular weight is 384 g/mol. The highest BCUT2D eigenvalue weighted by Crippen LogP contribution is 2.72. The third-order valence-corrected chi connectivity index (χ3v) is 10.3. The van der Waals surface area contributed by atoms with Crippen molar-refractivity contribution < 1.29 is 16.8 Å². The van der Waals surface area contributed by atoms with E-state index in [9.17, 15) is 16.8 Å². The van der Waals surface area contributed by atoms with E-state index in [1.807, 2.05) is 0 Å². The first-order valence-corrected chi connectivity index (χ1v) is 11.4. The highest BCUT2D eigenvalue weighted by Gasteiger charge is 2.78. The van der Waals surface area contributed by atoms with E-state index >= 15 is 0 Å². The van der Waals surface area contributed by atoms with Gasteiger partial charge in [-0.15, -0.1) is 0 Å². The molecule has 6 heteroatoms. The predicted molar refractivity (Wildman–Crippen MR) is 97.7 cm³/mol. The number of rotatable bonds is 4. The molecule has 0 amide bonds. The van der Waals surface area contributed by atoms with Crippen LogP contribution in [0.1, 0.15) is 0 Å². The van der Waals surface area contributed by atoms with Crippen molar-refractivity contribution >= 4 is 19.7 Å². The number of allylic oxidation sites excluding steroid dienone is 3. The lowest BCUT2D eigenvalue weighted by Gasteiger charge is -2.17. The zero-order valence-electron chi connectivity index (χ0n) is 13.7. The van der Waals surface area contributed by atoms with E-state index in [-0.39, 0.29) is 22.6 Å². The molecule has 5 rings (SSSR count). The minimum atomic E-state index is -3.60. The Bertz CT molecular complexity index is 1160. The van der Waals surface area contributed by atoms with Crippen LogP contribution in [0.25, 0.3) is 0 Å². The Hall–Kier alpha value is -2.18.